The number of rotatable bonds is 8. The van der Waals surface area contributed by atoms with E-state index in [2.05, 4.69) is 5.32 Å². The second-order valence-corrected chi connectivity index (χ2v) is 4.98. The zero-order chi connectivity index (χ0) is 13.7. The average Bonchev–Trinajstić information content (AvgIpc) is 3.19. The zero-order valence-corrected chi connectivity index (χ0v) is 10.7. The Balaban J connectivity index is 1.63. The van der Waals surface area contributed by atoms with Crippen molar-refractivity contribution < 1.29 is 18.6 Å². The monoisotopic (exact) mass is 271 g/mol. The molecule has 2 rings (SSSR count). The standard InChI is InChI=1S/C14H19F2NO2/c15-13-3-1-2-11(14(13)16)6-17-7-12(18)9-19-8-10-4-5-10/h1-3,10,12,17-18H,4-9H2. The maximum atomic E-state index is 13.3. The molecule has 0 amide bonds. The van der Waals surface area contributed by atoms with E-state index in [9.17, 15) is 13.9 Å². The molecule has 1 aliphatic carbocycles. The Kier molecular flexibility index (Phi) is 5.24. The van der Waals surface area contributed by atoms with Gasteiger partial charge in [-0.15, -0.1) is 0 Å². The second-order valence-electron chi connectivity index (χ2n) is 4.98. The highest BCUT2D eigenvalue weighted by atomic mass is 19.2. The smallest absolute Gasteiger partial charge is 0.163 e. The minimum atomic E-state index is -0.854. The van der Waals surface area contributed by atoms with Crippen LogP contribution in [0.4, 0.5) is 8.78 Å². The van der Waals surface area contributed by atoms with Gasteiger partial charge in [0.15, 0.2) is 11.6 Å². The summed E-state index contributed by atoms with van der Waals surface area (Å²) in [6.07, 6.45) is 1.80. The predicted molar refractivity (Wildman–Crippen MR) is 67.6 cm³/mol. The number of nitrogens with one attached hydrogen (secondary N) is 1. The third-order valence-corrected chi connectivity index (χ3v) is 3.09. The molecule has 5 heteroatoms. The number of hydrogen-bond acceptors (Lipinski definition) is 3. The molecule has 1 aliphatic rings. The molecule has 3 nitrogen and oxygen atoms in total. The molecule has 106 valence electrons. The van der Waals surface area contributed by atoms with Crippen molar-refractivity contribution in [2.75, 3.05) is 19.8 Å². The van der Waals surface area contributed by atoms with Crippen molar-refractivity contribution in [2.24, 2.45) is 5.92 Å². The zero-order valence-electron chi connectivity index (χ0n) is 10.7. The van der Waals surface area contributed by atoms with E-state index < -0.39 is 17.7 Å². The SMILES string of the molecule is OC(CNCc1cccc(F)c1F)COCC1CC1. The molecule has 1 aromatic rings. The molecule has 0 heterocycles. The van der Waals surface area contributed by atoms with Crippen LogP contribution in [0.3, 0.4) is 0 Å². The van der Waals surface area contributed by atoms with E-state index in [1.165, 1.54) is 25.0 Å². The van der Waals surface area contributed by atoms with Crippen molar-refractivity contribution >= 4 is 0 Å². The maximum Gasteiger partial charge on any atom is 0.163 e. The highest BCUT2D eigenvalue weighted by Crippen LogP contribution is 2.28. The first-order valence-electron chi connectivity index (χ1n) is 6.56. The molecular weight excluding hydrogens is 252 g/mol. The van der Waals surface area contributed by atoms with Crippen molar-refractivity contribution in [1.82, 2.24) is 5.32 Å². The van der Waals surface area contributed by atoms with Crippen LogP contribution < -0.4 is 5.32 Å². The van der Waals surface area contributed by atoms with Crippen LogP contribution in [0, 0.1) is 17.6 Å². The Labute approximate surface area is 111 Å². The summed E-state index contributed by atoms with van der Waals surface area (Å²) < 4.78 is 31.6. The molecule has 1 aromatic carbocycles. The van der Waals surface area contributed by atoms with Gasteiger partial charge in [0.05, 0.1) is 12.7 Å². The second kappa shape index (κ2) is 6.93. The lowest BCUT2D eigenvalue weighted by molar-refractivity contribution is 0.0324. The van der Waals surface area contributed by atoms with Gasteiger partial charge in [0, 0.05) is 25.3 Å². The van der Waals surface area contributed by atoms with Crippen LogP contribution in [0.1, 0.15) is 18.4 Å². The van der Waals surface area contributed by atoms with Crippen molar-refractivity contribution in [1.29, 1.82) is 0 Å². The Hall–Kier alpha value is -1.04. The Morgan fingerprint density at radius 2 is 2.16 bits per heavy atom. The molecule has 0 bridgehead atoms. The van der Waals surface area contributed by atoms with E-state index in [0.717, 1.165) is 6.07 Å². The van der Waals surface area contributed by atoms with E-state index in [1.54, 1.807) is 0 Å². The molecule has 1 saturated carbocycles. The van der Waals surface area contributed by atoms with E-state index in [1.807, 2.05) is 0 Å². The molecule has 1 unspecified atom stereocenters. The molecule has 0 spiro atoms. The maximum absolute atomic E-state index is 13.3. The minimum absolute atomic E-state index is 0.184. The number of hydrogen-bond donors (Lipinski definition) is 2. The largest absolute Gasteiger partial charge is 0.389 e. The number of aliphatic hydroxyl groups is 1. The highest BCUT2D eigenvalue weighted by molar-refractivity contribution is 5.18. The normalized spacial score (nSPS) is 16.6. The highest BCUT2D eigenvalue weighted by Gasteiger charge is 2.21. The van der Waals surface area contributed by atoms with E-state index in [-0.39, 0.29) is 18.7 Å². The molecule has 19 heavy (non-hydrogen) atoms. The average molecular weight is 271 g/mol. The summed E-state index contributed by atoms with van der Waals surface area (Å²) in [6.45, 7) is 1.45. The van der Waals surface area contributed by atoms with Gasteiger partial charge in [-0.25, -0.2) is 8.78 Å². The van der Waals surface area contributed by atoms with Gasteiger partial charge < -0.3 is 15.2 Å². The summed E-state index contributed by atoms with van der Waals surface area (Å²) in [5.74, 6) is -1.02. The van der Waals surface area contributed by atoms with Crippen LogP contribution in [-0.4, -0.2) is 31.0 Å². The van der Waals surface area contributed by atoms with Gasteiger partial charge >= 0.3 is 0 Å². The first kappa shape index (κ1) is 14.4. The lowest BCUT2D eigenvalue weighted by Crippen LogP contribution is -2.30. The molecule has 2 N–H and O–H groups in total. The van der Waals surface area contributed by atoms with E-state index in [0.29, 0.717) is 19.1 Å². The number of aliphatic hydroxyl groups excluding tert-OH is 1. The van der Waals surface area contributed by atoms with E-state index in [4.69, 9.17) is 4.74 Å². The van der Waals surface area contributed by atoms with Crippen LogP contribution in [0.25, 0.3) is 0 Å². The summed E-state index contributed by atoms with van der Waals surface area (Å²) >= 11 is 0. The van der Waals surface area contributed by atoms with Gasteiger partial charge in [-0.05, 0) is 24.8 Å². The fourth-order valence-corrected chi connectivity index (χ4v) is 1.77. The molecule has 1 fully saturated rings. The third kappa shape index (κ3) is 4.86. The van der Waals surface area contributed by atoms with Crippen molar-refractivity contribution in [3.63, 3.8) is 0 Å². The van der Waals surface area contributed by atoms with Gasteiger partial charge in [-0.1, -0.05) is 12.1 Å². The van der Waals surface area contributed by atoms with Crippen LogP contribution >= 0.6 is 0 Å². The lowest BCUT2D eigenvalue weighted by Gasteiger charge is -2.12. The van der Waals surface area contributed by atoms with Crippen molar-refractivity contribution in [3.8, 4) is 0 Å². The molecule has 0 aliphatic heterocycles. The molecule has 0 radical (unpaired) electrons. The van der Waals surface area contributed by atoms with Crippen LogP contribution in [0.15, 0.2) is 18.2 Å². The lowest BCUT2D eigenvalue weighted by atomic mass is 10.2. The Morgan fingerprint density at radius 3 is 2.89 bits per heavy atom. The molecule has 1 atom stereocenters. The topological polar surface area (TPSA) is 41.5 Å². The van der Waals surface area contributed by atoms with Gasteiger partial charge in [-0.2, -0.15) is 0 Å². The predicted octanol–water partition coefficient (Wildman–Crippen LogP) is 1.84. The van der Waals surface area contributed by atoms with Crippen molar-refractivity contribution in [2.45, 2.75) is 25.5 Å². The van der Waals surface area contributed by atoms with Crippen LogP contribution in [0.5, 0.6) is 0 Å². The van der Waals surface area contributed by atoms with Gasteiger partial charge in [0.1, 0.15) is 0 Å². The Bertz CT molecular complexity index is 410. The van der Waals surface area contributed by atoms with Crippen molar-refractivity contribution in [3.05, 3.63) is 35.4 Å². The quantitative estimate of drug-likeness (QED) is 0.758. The minimum Gasteiger partial charge on any atom is -0.389 e. The van der Waals surface area contributed by atoms with Crippen LogP contribution in [0.2, 0.25) is 0 Å². The first-order valence-corrected chi connectivity index (χ1v) is 6.56. The number of halogens is 2. The molecule has 0 saturated heterocycles. The number of ether oxygens (including phenoxy) is 1. The summed E-state index contributed by atoms with van der Waals surface area (Å²) in [4.78, 5) is 0. The van der Waals surface area contributed by atoms with Gasteiger partial charge in [0.25, 0.3) is 0 Å². The summed E-state index contributed by atoms with van der Waals surface area (Å²) in [5.41, 5.74) is 0.256. The third-order valence-electron chi connectivity index (χ3n) is 3.09. The molecule has 0 aromatic heterocycles. The van der Waals surface area contributed by atoms with E-state index >= 15 is 0 Å². The Morgan fingerprint density at radius 1 is 1.37 bits per heavy atom. The summed E-state index contributed by atoms with van der Waals surface area (Å²) in [7, 11) is 0. The van der Waals surface area contributed by atoms with Crippen LogP contribution in [-0.2, 0) is 11.3 Å². The number of benzene rings is 1. The summed E-state index contributed by atoms with van der Waals surface area (Å²) in [6, 6.07) is 4.06. The first-order chi connectivity index (χ1) is 9.16. The summed E-state index contributed by atoms with van der Waals surface area (Å²) in [5, 5.41) is 12.5. The van der Waals surface area contributed by atoms with Gasteiger partial charge in [0.2, 0.25) is 0 Å². The fourth-order valence-electron chi connectivity index (χ4n) is 1.77. The van der Waals surface area contributed by atoms with Gasteiger partial charge in [-0.3, -0.25) is 0 Å². The fraction of sp³-hybridized carbons (Fsp3) is 0.571. The molecular formula is C14H19F2NO2.